The second-order valence-corrected chi connectivity index (χ2v) is 7.49. The summed E-state index contributed by atoms with van der Waals surface area (Å²) in [6.07, 6.45) is 0.916. The van der Waals surface area contributed by atoms with Crippen molar-refractivity contribution < 1.29 is 4.79 Å². The second-order valence-electron chi connectivity index (χ2n) is 6.31. The predicted octanol–water partition coefficient (Wildman–Crippen LogP) is 2.50. The quantitative estimate of drug-likeness (QED) is 0.906. The SMILES string of the molecule is Cc1nc(N2CCC(C(=O)NC(C)(C)C)C2)sc1C. The number of anilines is 1. The zero-order valence-electron chi connectivity index (χ0n) is 12.4. The van der Waals surface area contributed by atoms with Crippen molar-refractivity contribution in [3.8, 4) is 0 Å². The van der Waals surface area contributed by atoms with Crippen molar-refractivity contribution in [2.24, 2.45) is 5.92 Å². The van der Waals surface area contributed by atoms with E-state index in [0.717, 1.165) is 30.3 Å². The summed E-state index contributed by atoms with van der Waals surface area (Å²) in [6, 6.07) is 0. The van der Waals surface area contributed by atoms with Crippen molar-refractivity contribution in [1.82, 2.24) is 10.3 Å². The van der Waals surface area contributed by atoms with Crippen molar-refractivity contribution in [3.05, 3.63) is 10.6 Å². The van der Waals surface area contributed by atoms with Gasteiger partial charge in [-0.1, -0.05) is 0 Å². The average molecular weight is 281 g/mol. The Labute approximate surface area is 119 Å². The van der Waals surface area contributed by atoms with E-state index >= 15 is 0 Å². The molecule has 2 rings (SSSR count). The molecule has 1 aromatic rings. The summed E-state index contributed by atoms with van der Waals surface area (Å²) in [7, 11) is 0. The number of aryl methyl sites for hydroxylation is 2. The van der Waals surface area contributed by atoms with Gasteiger partial charge in [0, 0.05) is 23.5 Å². The van der Waals surface area contributed by atoms with Gasteiger partial charge >= 0.3 is 0 Å². The van der Waals surface area contributed by atoms with Gasteiger partial charge in [-0.3, -0.25) is 4.79 Å². The topological polar surface area (TPSA) is 45.2 Å². The maximum absolute atomic E-state index is 12.2. The third-order valence-corrected chi connectivity index (χ3v) is 4.48. The first kappa shape index (κ1) is 14.3. The Morgan fingerprint density at radius 1 is 1.42 bits per heavy atom. The van der Waals surface area contributed by atoms with Crippen molar-refractivity contribution in [1.29, 1.82) is 0 Å². The molecule has 0 saturated carbocycles. The van der Waals surface area contributed by atoms with Gasteiger partial charge in [-0.2, -0.15) is 0 Å². The molecule has 1 aliphatic rings. The molecule has 5 heteroatoms. The van der Waals surface area contributed by atoms with Gasteiger partial charge in [-0.25, -0.2) is 4.98 Å². The molecular formula is C14H23N3OS. The van der Waals surface area contributed by atoms with Crippen LogP contribution in [0.1, 0.15) is 37.8 Å². The van der Waals surface area contributed by atoms with E-state index in [9.17, 15) is 4.79 Å². The minimum Gasteiger partial charge on any atom is -0.351 e. The lowest BCUT2D eigenvalue weighted by atomic mass is 10.0. The van der Waals surface area contributed by atoms with E-state index in [1.165, 1.54) is 4.88 Å². The van der Waals surface area contributed by atoms with E-state index in [2.05, 4.69) is 22.1 Å². The molecule has 0 aromatic carbocycles. The van der Waals surface area contributed by atoms with Crippen molar-refractivity contribution in [3.63, 3.8) is 0 Å². The fraction of sp³-hybridized carbons (Fsp3) is 0.714. The van der Waals surface area contributed by atoms with Crippen LogP contribution in [0, 0.1) is 19.8 Å². The Morgan fingerprint density at radius 3 is 2.63 bits per heavy atom. The minimum atomic E-state index is -0.154. The van der Waals surface area contributed by atoms with Crippen LogP contribution in [0.2, 0.25) is 0 Å². The molecule has 4 nitrogen and oxygen atoms in total. The van der Waals surface area contributed by atoms with Gasteiger partial charge in [0.05, 0.1) is 11.6 Å². The highest BCUT2D eigenvalue weighted by molar-refractivity contribution is 7.15. The van der Waals surface area contributed by atoms with Gasteiger partial charge in [0.25, 0.3) is 0 Å². The average Bonchev–Trinajstić information content (AvgIpc) is 2.84. The molecule has 0 spiro atoms. The fourth-order valence-electron chi connectivity index (χ4n) is 2.21. The van der Waals surface area contributed by atoms with Gasteiger partial charge < -0.3 is 10.2 Å². The summed E-state index contributed by atoms with van der Waals surface area (Å²) in [5.41, 5.74) is 0.946. The summed E-state index contributed by atoms with van der Waals surface area (Å²) >= 11 is 1.72. The zero-order chi connectivity index (χ0) is 14.2. The van der Waals surface area contributed by atoms with Gasteiger partial charge in [0.1, 0.15) is 0 Å². The van der Waals surface area contributed by atoms with Crippen LogP contribution in [0.4, 0.5) is 5.13 Å². The number of nitrogens with one attached hydrogen (secondary N) is 1. The molecule has 1 aromatic heterocycles. The number of hydrogen-bond acceptors (Lipinski definition) is 4. The number of rotatable bonds is 2. The van der Waals surface area contributed by atoms with E-state index < -0.39 is 0 Å². The number of carbonyl (C=O) groups is 1. The Morgan fingerprint density at radius 2 is 2.11 bits per heavy atom. The number of hydrogen-bond donors (Lipinski definition) is 1. The van der Waals surface area contributed by atoms with E-state index in [1.807, 2.05) is 27.7 Å². The highest BCUT2D eigenvalue weighted by atomic mass is 32.1. The first-order valence-electron chi connectivity index (χ1n) is 6.77. The van der Waals surface area contributed by atoms with E-state index in [1.54, 1.807) is 11.3 Å². The minimum absolute atomic E-state index is 0.0868. The van der Waals surface area contributed by atoms with Crippen LogP contribution in [-0.4, -0.2) is 29.5 Å². The molecule has 1 amide bonds. The van der Waals surface area contributed by atoms with Gasteiger partial charge in [-0.05, 0) is 41.0 Å². The first-order valence-corrected chi connectivity index (χ1v) is 7.59. The van der Waals surface area contributed by atoms with Crippen LogP contribution < -0.4 is 10.2 Å². The Kier molecular flexibility index (Phi) is 3.85. The third kappa shape index (κ3) is 3.47. The van der Waals surface area contributed by atoms with Gasteiger partial charge in [0.2, 0.25) is 5.91 Å². The van der Waals surface area contributed by atoms with Crippen molar-refractivity contribution in [2.45, 2.75) is 46.6 Å². The Balaban J connectivity index is 1.98. The first-order chi connectivity index (χ1) is 8.76. The monoisotopic (exact) mass is 281 g/mol. The summed E-state index contributed by atoms with van der Waals surface area (Å²) in [5, 5.41) is 4.12. The lowest BCUT2D eigenvalue weighted by Gasteiger charge is -2.23. The van der Waals surface area contributed by atoms with Gasteiger partial charge in [-0.15, -0.1) is 11.3 Å². The highest BCUT2D eigenvalue weighted by Crippen LogP contribution is 2.29. The molecule has 1 fully saturated rings. The maximum Gasteiger partial charge on any atom is 0.225 e. The number of aromatic nitrogens is 1. The lowest BCUT2D eigenvalue weighted by molar-refractivity contribution is -0.125. The zero-order valence-corrected chi connectivity index (χ0v) is 13.2. The van der Waals surface area contributed by atoms with Crippen LogP contribution in [-0.2, 0) is 4.79 Å². The number of nitrogens with zero attached hydrogens (tertiary/aromatic N) is 2. The summed E-state index contributed by atoms with van der Waals surface area (Å²) < 4.78 is 0. The van der Waals surface area contributed by atoms with Crippen molar-refractivity contribution >= 4 is 22.4 Å². The maximum atomic E-state index is 12.2. The third-order valence-electron chi connectivity index (χ3n) is 3.35. The molecule has 1 unspecified atom stereocenters. The van der Waals surface area contributed by atoms with E-state index in [4.69, 9.17) is 0 Å². The second kappa shape index (κ2) is 5.12. The predicted molar refractivity (Wildman–Crippen MR) is 79.8 cm³/mol. The lowest BCUT2D eigenvalue weighted by Crippen LogP contribution is -2.44. The molecule has 1 saturated heterocycles. The number of amides is 1. The number of thiazole rings is 1. The summed E-state index contributed by atoms with van der Waals surface area (Å²) in [6.45, 7) is 11.9. The van der Waals surface area contributed by atoms with Gasteiger partial charge in [0.15, 0.2) is 5.13 Å². The van der Waals surface area contributed by atoms with Crippen LogP contribution in [0.3, 0.4) is 0 Å². The van der Waals surface area contributed by atoms with E-state index in [-0.39, 0.29) is 17.4 Å². The molecule has 2 heterocycles. The summed E-state index contributed by atoms with van der Waals surface area (Å²) in [4.78, 5) is 20.2. The molecule has 19 heavy (non-hydrogen) atoms. The summed E-state index contributed by atoms with van der Waals surface area (Å²) in [5.74, 6) is 0.253. The van der Waals surface area contributed by atoms with Crippen LogP contribution in [0.5, 0.6) is 0 Å². The van der Waals surface area contributed by atoms with Crippen LogP contribution >= 0.6 is 11.3 Å². The highest BCUT2D eigenvalue weighted by Gasteiger charge is 2.31. The fourth-order valence-corrected chi connectivity index (χ4v) is 3.16. The molecule has 0 aliphatic carbocycles. The molecule has 0 radical (unpaired) electrons. The van der Waals surface area contributed by atoms with Crippen LogP contribution in [0.25, 0.3) is 0 Å². The molecule has 1 atom stereocenters. The molecule has 106 valence electrons. The molecule has 0 bridgehead atoms. The molecule has 1 N–H and O–H groups in total. The Hall–Kier alpha value is -1.10. The molecular weight excluding hydrogens is 258 g/mol. The normalized spacial score (nSPS) is 19.8. The largest absolute Gasteiger partial charge is 0.351 e. The smallest absolute Gasteiger partial charge is 0.225 e. The molecule has 1 aliphatic heterocycles. The Bertz CT molecular complexity index is 456. The standard InChI is InChI=1S/C14H23N3OS/c1-9-10(2)19-13(15-9)17-7-6-11(8-17)12(18)16-14(3,4)5/h11H,6-8H2,1-5H3,(H,16,18). The van der Waals surface area contributed by atoms with E-state index in [0.29, 0.717) is 0 Å². The van der Waals surface area contributed by atoms with Crippen LogP contribution in [0.15, 0.2) is 0 Å². The number of carbonyl (C=O) groups excluding carboxylic acids is 1. The van der Waals surface area contributed by atoms with Crippen molar-refractivity contribution in [2.75, 3.05) is 18.0 Å².